The Kier molecular flexibility index (Phi) is 6.65. The molecule has 0 saturated carbocycles. The van der Waals surface area contributed by atoms with Crippen molar-refractivity contribution in [2.45, 2.75) is 0 Å². The highest BCUT2D eigenvalue weighted by atomic mass is 32.1. The van der Waals surface area contributed by atoms with Crippen molar-refractivity contribution in [3.05, 3.63) is 170 Å². The maximum atomic E-state index is 6.22. The van der Waals surface area contributed by atoms with Gasteiger partial charge in [0, 0.05) is 48.7 Å². The fraction of sp³-hybridized carbons (Fsp3) is 0. The molecule has 0 radical (unpaired) electrons. The van der Waals surface area contributed by atoms with Crippen LogP contribution in [0.1, 0.15) is 0 Å². The SMILES string of the molecule is c1ccc(-c2ccc(N(c3ccc4c(c3)sc3cc5oc(-c6ccccc6)nc5cc34)c3ccccc3-c3ccccc3)cc2)cc1. The molecule has 3 nitrogen and oxygen atoms in total. The van der Waals surface area contributed by atoms with E-state index in [1.807, 2.05) is 30.3 Å². The molecule has 4 heteroatoms. The third-order valence-electron chi connectivity index (χ3n) is 8.71. The minimum absolute atomic E-state index is 0.649. The molecule has 0 saturated heterocycles. The summed E-state index contributed by atoms with van der Waals surface area (Å²) >= 11 is 1.79. The Morgan fingerprint density at radius 2 is 1.06 bits per heavy atom. The van der Waals surface area contributed by atoms with Gasteiger partial charge in [0.2, 0.25) is 5.89 Å². The van der Waals surface area contributed by atoms with Crippen LogP contribution < -0.4 is 4.90 Å². The average molecular weight is 621 g/mol. The highest BCUT2D eigenvalue weighted by molar-refractivity contribution is 7.25. The van der Waals surface area contributed by atoms with E-state index in [1.165, 1.54) is 42.4 Å². The number of hydrogen-bond donors (Lipinski definition) is 0. The van der Waals surface area contributed by atoms with Crippen LogP contribution in [-0.2, 0) is 0 Å². The number of fused-ring (bicyclic) bond motifs is 4. The molecule has 0 unspecified atom stereocenters. The van der Waals surface area contributed by atoms with Gasteiger partial charge in [-0.1, -0.05) is 115 Å². The molecule has 0 bridgehead atoms. The lowest BCUT2D eigenvalue weighted by Crippen LogP contribution is -2.11. The molecule has 0 aliphatic heterocycles. The summed E-state index contributed by atoms with van der Waals surface area (Å²) in [5.41, 5.74) is 10.8. The first kappa shape index (κ1) is 27.3. The molecule has 2 aromatic heterocycles. The van der Waals surface area contributed by atoms with Crippen LogP contribution in [0.4, 0.5) is 17.1 Å². The number of thiophene rings is 1. The van der Waals surface area contributed by atoms with Crippen molar-refractivity contribution in [3.63, 3.8) is 0 Å². The van der Waals surface area contributed by atoms with E-state index in [0.29, 0.717) is 5.89 Å². The third kappa shape index (κ3) is 4.96. The molecule has 0 atom stereocenters. The molecular weight excluding hydrogens is 593 g/mol. The second-order valence-corrected chi connectivity index (χ2v) is 12.7. The molecule has 0 aliphatic rings. The lowest BCUT2D eigenvalue weighted by Gasteiger charge is -2.28. The summed E-state index contributed by atoms with van der Waals surface area (Å²) in [5, 5.41) is 2.41. The Bertz CT molecular complexity index is 2500. The molecule has 2 heterocycles. The van der Waals surface area contributed by atoms with Crippen LogP contribution in [0.5, 0.6) is 0 Å². The highest BCUT2D eigenvalue weighted by Gasteiger charge is 2.19. The van der Waals surface area contributed by atoms with Crippen molar-refractivity contribution >= 4 is 59.7 Å². The molecule has 0 fully saturated rings. The van der Waals surface area contributed by atoms with Gasteiger partial charge in [-0.25, -0.2) is 4.98 Å². The largest absolute Gasteiger partial charge is 0.436 e. The van der Waals surface area contributed by atoms with E-state index in [4.69, 9.17) is 9.40 Å². The van der Waals surface area contributed by atoms with Crippen molar-refractivity contribution < 1.29 is 4.42 Å². The predicted octanol–water partition coefficient (Wildman–Crippen LogP) is 12.7. The van der Waals surface area contributed by atoms with Crippen molar-refractivity contribution in [1.29, 1.82) is 0 Å². The van der Waals surface area contributed by atoms with E-state index >= 15 is 0 Å². The quantitative estimate of drug-likeness (QED) is 0.185. The minimum Gasteiger partial charge on any atom is -0.436 e. The van der Waals surface area contributed by atoms with Gasteiger partial charge in [0.25, 0.3) is 0 Å². The van der Waals surface area contributed by atoms with Crippen LogP contribution in [-0.4, -0.2) is 4.98 Å². The third-order valence-corrected chi connectivity index (χ3v) is 9.82. The first-order valence-corrected chi connectivity index (χ1v) is 16.5. The number of para-hydroxylation sites is 1. The topological polar surface area (TPSA) is 29.3 Å². The van der Waals surface area contributed by atoms with Crippen LogP contribution in [0.3, 0.4) is 0 Å². The Balaban J connectivity index is 1.18. The Hall–Kier alpha value is -5.97. The number of oxazole rings is 1. The fourth-order valence-electron chi connectivity index (χ4n) is 6.42. The summed E-state index contributed by atoms with van der Waals surface area (Å²) in [6.07, 6.45) is 0. The summed E-state index contributed by atoms with van der Waals surface area (Å²) in [7, 11) is 0. The zero-order valence-corrected chi connectivity index (χ0v) is 26.2. The van der Waals surface area contributed by atoms with Gasteiger partial charge in [-0.3, -0.25) is 0 Å². The summed E-state index contributed by atoms with van der Waals surface area (Å²) in [6.45, 7) is 0. The first-order valence-electron chi connectivity index (χ1n) is 15.7. The monoisotopic (exact) mass is 620 g/mol. The molecule has 0 aliphatic carbocycles. The number of rotatable bonds is 6. The molecule has 47 heavy (non-hydrogen) atoms. The van der Waals surface area contributed by atoms with E-state index in [2.05, 4.69) is 144 Å². The molecule has 9 aromatic rings. The van der Waals surface area contributed by atoms with E-state index in [0.717, 1.165) is 33.7 Å². The summed E-state index contributed by atoms with van der Waals surface area (Å²) in [5.74, 6) is 0.649. The average Bonchev–Trinajstić information content (AvgIpc) is 3.72. The van der Waals surface area contributed by atoms with E-state index < -0.39 is 0 Å². The highest BCUT2D eigenvalue weighted by Crippen LogP contribution is 2.44. The molecular formula is C43H28N2OS. The maximum absolute atomic E-state index is 6.22. The number of anilines is 3. The molecule has 9 rings (SSSR count). The number of aromatic nitrogens is 1. The molecule has 0 N–H and O–H groups in total. The zero-order chi connectivity index (χ0) is 31.2. The second kappa shape index (κ2) is 11.4. The van der Waals surface area contributed by atoms with Crippen LogP contribution in [0.15, 0.2) is 174 Å². The Morgan fingerprint density at radius 1 is 0.468 bits per heavy atom. The molecule has 0 amide bonds. The van der Waals surface area contributed by atoms with Crippen molar-refractivity contribution in [2.75, 3.05) is 4.90 Å². The van der Waals surface area contributed by atoms with Gasteiger partial charge >= 0.3 is 0 Å². The van der Waals surface area contributed by atoms with Gasteiger partial charge in [-0.15, -0.1) is 11.3 Å². The van der Waals surface area contributed by atoms with Crippen molar-refractivity contribution in [3.8, 4) is 33.7 Å². The van der Waals surface area contributed by atoms with Gasteiger partial charge in [0.15, 0.2) is 5.58 Å². The zero-order valence-electron chi connectivity index (χ0n) is 25.4. The standard InChI is InChI=1S/C43H28N2OS/c1-4-12-29(13-5-1)30-20-22-33(23-21-30)45(39-19-11-10-18-35(39)31-14-6-2-7-15-31)34-24-25-36-37-27-38-40(28-42(37)47-41(36)26-34)46-43(44-38)32-16-8-3-9-17-32/h1-28H. The number of nitrogens with zero attached hydrogens (tertiary/aromatic N) is 2. The van der Waals surface area contributed by atoms with Gasteiger partial charge in [0.1, 0.15) is 5.52 Å². The molecule has 0 spiro atoms. The van der Waals surface area contributed by atoms with Crippen molar-refractivity contribution in [1.82, 2.24) is 4.98 Å². The summed E-state index contributed by atoms with van der Waals surface area (Å²) < 4.78 is 8.62. The predicted molar refractivity (Wildman–Crippen MR) is 198 cm³/mol. The fourth-order valence-corrected chi connectivity index (χ4v) is 7.57. The number of hydrogen-bond acceptors (Lipinski definition) is 4. The lowest BCUT2D eigenvalue weighted by atomic mass is 10.0. The molecule has 222 valence electrons. The second-order valence-electron chi connectivity index (χ2n) is 11.6. The normalized spacial score (nSPS) is 11.4. The van der Waals surface area contributed by atoms with Gasteiger partial charge in [-0.2, -0.15) is 0 Å². The van der Waals surface area contributed by atoms with Crippen molar-refractivity contribution in [2.24, 2.45) is 0 Å². The van der Waals surface area contributed by atoms with Crippen LogP contribution >= 0.6 is 11.3 Å². The van der Waals surface area contributed by atoms with Crippen LogP contribution in [0.2, 0.25) is 0 Å². The Morgan fingerprint density at radius 3 is 1.81 bits per heavy atom. The van der Waals surface area contributed by atoms with E-state index in [9.17, 15) is 0 Å². The van der Waals surface area contributed by atoms with E-state index in [-0.39, 0.29) is 0 Å². The smallest absolute Gasteiger partial charge is 0.227 e. The first-order chi connectivity index (χ1) is 23.3. The van der Waals surface area contributed by atoms with Gasteiger partial charge in [0.05, 0.1) is 5.69 Å². The summed E-state index contributed by atoms with van der Waals surface area (Å²) in [4.78, 5) is 7.22. The minimum atomic E-state index is 0.649. The van der Waals surface area contributed by atoms with Gasteiger partial charge in [-0.05, 0) is 65.2 Å². The maximum Gasteiger partial charge on any atom is 0.227 e. The lowest BCUT2D eigenvalue weighted by molar-refractivity contribution is 0.620. The summed E-state index contributed by atoms with van der Waals surface area (Å²) in [6, 6.07) is 59.9. The molecule has 7 aromatic carbocycles. The van der Waals surface area contributed by atoms with Crippen LogP contribution in [0, 0.1) is 0 Å². The Labute approximate surface area is 276 Å². The number of benzene rings is 7. The van der Waals surface area contributed by atoms with E-state index in [1.54, 1.807) is 11.3 Å². The van der Waals surface area contributed by atoms with Crippen LogP contribution in [0.25, 0.3) is 65.0 Å². The van der Waals surface area contributed by atoms with Gasteiger partial charge < -0.3 is 9.32 Å².